The maximum atomic E-state index is 8.88. The molecule has 0 saturated carbocycles. The molecule has 0 N–H and O–H groups in total. The van der Waals surface area contributed by atoms with E-state index in [2.05, 4.69) is 44.0 Å². The highest BCUT2D eigenvalue weighted by Gasteiger charge is 2.14. The topological polar surface area (TPSA) is 36.7 Å². The molecule has 0 saturated heterocycles. The summed E-state index contributed by atoms with van der Waals surface area (Å²) in [6, 6.07) is 12.0. The lowest BCUT2D eigenvalue weighted by atomic mass is 9.88. The van der Waals surface area contributed by atoms with Gasteiger partial charge in [0.05, 0.1) is 17.3 Å². The van der Waals surface area contributed by atoms with Gasteiger partial charge in [-0.3, -0.25) is 4.98 Å². The Labute approximate surface area is 114 Å². The first-order valence-electron chi connectivity index (χ1n) is 6.39. The predicted molar refractivity (Wildman–Crippen MR) is 77.8 cm³/mol. The molecule has 0 aliphatic carbocycles. The zero-order valence-corrected chi connectivity index (χ0v) is 11.9. The molecule has 1 heterocycles. The van der Waals surface area contributed by atoms with Crippen LogP contribution in [0.5, 0.6) is 0 Å². The predicted octanol–water partition coefficient (Wildman–Crippen LogP) is 4.23. The van der Waals surface area contributed by atoms with Gasteiger partial charge in [0.15, 0.2) is 0 Å². The van der Waals surface area contributed by atoms with E-state index in [0.29, 0.717) is 5.56 Å². The average molecular weight is 250 g/mol. The molecule has 0 aliphatic rings. The SMILES string of the molecule is Cc1cc(C#N)ccc1-c1ccc(C(C)(C)C)cn1. The lowest BCUT2D eigenvalue weighted by molar-refractivity contribution is 0.587. The largest absolute Gasteiger partial charge is 0.256 e. The smallest absolute Gasteiger partial charge is 0.0991 e. The molecule has 0 aliphatic heterocycles. The summed E-state index contributed by atoms with van der Waals surface area (Å²) < 4.78 is 0. The molecule has 0 bridgehead atoms. The number of aryl methyl sites for hydroxylation is 1. The van der Waals surface area contributed by atoms with Crippen molar-refractivity contribution in [3.05, 3.63) is 53.2 Å². The van der Waals surface area contributed by atoms with Gasteiger partial charge in [-0.1, -0.05) is 32.9 Å². The minimum absolute atomic E-state index is 0.116. The zero-order chi connectivity index (χ0) is 14.0. The third-order valence-electron chi connectivity index (χ3n) is 3.26. The zero-order valence-electron chi connectivity index (χ0n) is 11.9. The molecule has 0 radical (unpaired) electrons. The number of nitrogens with zero attached hydrogens (tertiary/aromatic N) is 2. The normalized spacial score (nSPS) is 11.1. The van der Waals surface area contributed by atoms with Gasteiger partial charge >= 0.3 is 0 Å². The quantitative estimate of drug-likeness (QED) is 0.759. The van der Waals surface area contributed by atoms with Crippen molar-refractivity contribution < 1.29 is 0 Å². The molecule has 1 aromatic carbocycles. The third kappa shape index (κ3) is 2.82. The van der Waals surface area contributed by atoms with E-state index < -0.39 is 0 Å². The van der Waals surface area contributed by atoms with Crippen LogP contribution in [0.4, 0.5) is 0 Å². The lowest BCUT2D eigenvalue weighted by Gasteiger charge is -2.18. The van der Waals surface area contributed by atoms with E-state index in [4.69, 9.17) is 5.26 Å². The summed E-state index contributed by atoms with van der Waals surface area (Å²) in [6.45, 7) is 8.54. The Kier molecular flexibility index (Phi) is 3.40. The Morgan fingerprint density at radius 3 is 2.32 bits per heavy atom. The second-order valence-corrected chi connectivity index (χ2v) is 5.82. The molecule has 2 heteroatoms. The van der Waals surface area contributed by atoms with Crippen LogP contribution in [0, 0.1) is 18.3 Å². The lowest BCUT2D eigenvalue weighted by Crippen LogP contribution is -2.11. The summed E-state index contributed by atoms with van der Waals surface area (Å²) in [6.07, 6.45) is 1.94. The van der Waals surface area contributed by atoms with Crippen LogP contribution in [0.15, 0.2) is 36.5 Å². The van der Waals surface area contributed by atoms with Crippen LogP contribution in [0.2, 0.25) is 0 Å². The minimum Gasteiger partial charge on any atom is -0.256 e. The van der Waals surface area contributed by atoms with Crippen molar-refractivity contribution in [1.82, 2.24) is 4.98 Å². The number of pyridine rings is 1. The molecule has 0 amide bonds. The van der Waals surface area contributed by atoms with Crippen molar-refractivity contribution in [2.24, 2.45) is 0 Å². The highest BCUT2D eigenvalue weighted by Crippen LogP contribution is 2.26. The molecule has 2 nitrogen and oxygen atoms in total. The van der Waals surface area contributed by atoms with Crippen LogP contribution in [0.25, 0.3) is 11.3 Å². The molecule has 0 fully saturated rings. The molecule has 0 atom stereocenters. The Morgan fingerprint density at radius 2 is 1.84 bits per heavy atom. The number of benzene rings is 1. The molecular formula is C17H18N2. The summed E-state index contributed by atoms with van der Waals surface area (Å²) in [5, 5.41) is 8.88. The maximum absolute atomic E-state index is 8.88. The van der Waals surface area contributed by atoms with Crippen molar-refractivity contribution >= 4 is 0 Å². The van der Waals surface area contributed by atoms with Crippen LogP contribution in [-0.4, -0.2) is 4.98 Å². The van der Waals surface area contributed by atoms with Crippen molar-refractivity contribution in [2.45, 2.75) is 33.1 Å². The molecule has 2 rings (SSSR count). The van der Waals surface area contributed by atoms with Crippen LogP contribution in [0.3, 0.4) is 0 Å². The number of hydrogen-bond donors (Lipinski definition) is 0. The first-order chi connectivity index (χ1) is 8.91. The van der Waals surface area contributed by atoms with E-state index in [1.54, 1.807) is 0 Å². The Balaban J connectivity index is 2.41. The van der Waals surface area contributed by atoms with Crippen molar-refractivity contribution in [2.75, 3.05) is 0 Å². The van der Waals surface area contributed by atoms with Gasteiger partial charge in [-0.25, -0.2) is 0 Å². The summed E-state index contributed by atoms with van der Waals surface area (Å²) in [4.78, 5) is 4.55. The Bertz CT molecular complexity index is 626. The number of nitriles is 1. The van der Waals surface area contributed by atoms with Gasteiger partial charge in [0.25, 0.3) is 0 Å². The maximum Gasteiger partial charge on any atom is 0.0991 e. The fourth-order valence-electron chi connectivity index (χ4n) is 2.02. The Hall–Kier alpha value is -2.14. The summed E-state index contributed by atoms with van der Waals surface area (Å²) in [5.41, 5.74) is 5.14. The second-order valence-electron chi connectivity index (χ2n) is 5.82. The second kappa shape index (κ2) is 4.85. The highest BCUT2D eigenvalue weighted by atomic mass is 14.7. The first-order valence-corrected chi connectivity index (χ1v) is 6.39. The fraction of sp³-hybridized carbons (Fsp3) is 0.294. The summed E-state index contributed by atoms with van der Waals surface area (Å²) in [5.74, 6) is 0. The molecule has 96 valence electrons. The van der Waals surface area contributed by atoms with E-state index >= 15 is 0 Å². The molecule has 0 spiro atoms. The van der Waals surface area contributed by atoms with Crippen molar-refractivity contribution in [3.63, 3.8) is 0 Å². The van der Waals surface area contributed by atoms with E-state index in [1.807, 2.05) is 31.3 Å². The number of aromatic nitrogens is 1. The molecule has 0 unspecified atom stereocenters. The van der Waals surface area contributed by atoms with Gasteiger partial charge < -0.3 is 0 Å². The third-order valence-corrected chi connectivity index (χ3v) is 3.26. The van der Waals surface area contributed by atoms with Crippen molar-refractivity contribution in [1.29, 1.82) is 5.26 Å². The highest BCUT2D eigenvalue weighted by molar-refractivity contribution is 5.64. The van der Waals surface area contributed by atoms with Gasteiger partial charge in [-0.05, 0) is 41.7 Å². The van der Waals surface area contributed by atoms with Gasteiger partial charge in [-0.2, -0.15) is 5.26 Å². The average Bonchev–Trinajstić information content (AvgIpc) is 2.37. The van der Waals surface area contributed by atoms with E-state index in [0.717, 1.165) is 16.8 Å². The number of rotatable bonds is 1. The van der Waals surface area contributed by atoms with E-state index in [1.165, 1.54) is 5.56 Å². The molecule has 19 heavy (non-hydrogen) atoms. The van der Waals surface area contributed by atoms with Crippen LogP contribution in [0.1, 0.15) is 37.5 Å². The Morgan fingerprint density at radius 1 is 1.11 bits per heavy atom. The van der Waals surface area contributed by atoms with Gasteiger partial charge in [0, 0.05) is 11.8 Å². The van der Waals surface area contributed by atoms with Crippen molar-refractivity contribution in [3.8, 4) is 17.3 Å². The molecule has 2 aromatic rings. The molecular weight excluding hydrogens is 232 g/mol. The van der Waals surface area contributed by atoms with E-state index in [-0.39, 0.29) is 5.41 Å². The van der Waals surface area contributed by atoms with Gasteiger partial charge in [-0.15, -0.1) is 0 Å². The van der Waals surface area contributed by atoms with Crippen LogP contribution in [-0.2, 0) is 5.41 Å². The van der Waals surface area contributed by atoms with Gasteiger partial charge in [0.1, 0.15) is 0 Å². The number of hydrogen-bond acceptors (Lipinski definition) is 2. The van der Waals surface area contributed by atoms with Crippen LogP contribution >= 0.6 is 0 Å². The van der Waals surface area contributed by atoms with Crippen LogP contribution < -0.4 is 0 Å². The first kappa shape index (κ1) is 13.3. The summed E-state index contributed by atoms with van der Waals surface area (Å²) in [7, 11) is 0. The van der Waals surface area contributed by atoms with E-state index in [9.17, 15) is 0 Å². The standard InChI is InChI=1S/C17H18N2/c1-12-9-13(10-18)5-7-15(12)16-8-6-14(11-19-16)17(2,3)4/h5-9,11H,1-4H3. The van der Waals surface area contributed by atoms with Gasteiger partial charge in [0.2, 0.25) is 0 Å². The molecule has 1 aromatic heterocycles. The fourth-order valence-corrected chi connectivity index (χ4v) is 2.02. The summed E-state index contributed by atoms with van der Waals surface area (Å²) >= 11 is 0. The minimum atomic E-state index is 0.116. The monoisotopic (exact) mass is 250 g/mol.